The fourth-order valence-corrected chi connectivity index (χ4v) is 2.97. The zero-order valence-corrected chi connectivity index (χ0v) is 16.1. The predicted octanol–water partition coefficient (Wildman–Crippen LogP) is 3.70. The van der Waals surface area contributed by atoms with Crippen LogP contribution in [0.5, 0.6) is 0 Å². The molecule has 6 nitrogen and oxygen atoms in total. The molecule has 2 aromatic rings. The highest BCUT2D eigenvalue weighted by atomic mass is 16.5. The van der Waals surface area contributed by atoms with Crippen molar-refractivity contribution in [3.63, 3.8) is 0 Å². The van der Waals surface area contributed by atoms with Crippen LogP contribution in [-0.2, 0) is 14.2 Å². The van der Waals surface area contributed by atoms with E-state index in [0.29, 0.717) is 39.6 Å². The van der Waals surface area contributed by atoms with Crippen molar-refractivity contribution in [2.45, 2.75) is 0 Å². The lowest BCUT2D eigenvalue weighted by atomic mass is 10.1. The number of rotatable bonds is 9. The van der Waals surface area contributed by atoms with E-state index in [4.69, 9.17) is 14.2 Å². The normalized spacial score (nSPS) is 12.2. The number of nitrogens with zero attached hydrogens (tertiary/aromatic N) is 1. The first-order chi connectivity index (χ1) is 13.8. The van der Waals surface area contributed by atoms with E-state index in [2.05, 4.69) is 5.32 Å². The maximum absolute atomic E-state index is 13.0. The van der Waals surface area contributed by atoms with Crippen molar-refractivity contribution >= 4 is 29.6 Å². The molecule has 0 saturated carbocycles. The van der Waals surface area contributed by atoms with Gasteiger partial charge >= 0.3 is 6.03 Å². The summed E-state index contributed by atoms with van der Waals surface area (Å²) >= 11 is 0. The van der Waals surface area contributed by atoms with Gasteiger partial charge in [-0.15, -0.1) is 0 Å². The van der Waals surface area contributed by atoms with Gasteiger partial charge in [-0.1, -0.05) is 48.6 Å². The Hall–Kier alpha value is -2.67. The first kappa shape index (κ1) is 20.1. The molecule has 0 radical (unpaired) electrons. The summed E-state index contributed by atoms with van der Waals surface area (Å²) in [7, 11) is 1.64. The number of anilines is 2. The van der Waals surface area contributed by atoms with E-state index in [1.54, 1.807) is 12.0 Å². The molecule has 0 aromatic heterocycles. The number of benzene rings is 2. The van der Waals surface area contributed by atoms with E-state index in [-0.39, 0.29) is 6.03 Å². The van der Waals surface area contributed by atoms with Crippen molar-refractivity contribution in [2.24, 2.45) is 0 Å². The summed E-state index contributed by atoms with van der Waals surface area (Å²) in [6.07, 6.45) is 4.07. The number of methoxy groups -OCH3 is 1. The number of nitrogens with one attached hydrogen (secondary N) is 1. The van der Waals surface area contributed by atoms with Crippen molar-refractivity contribution in [2.75, 3.05) is 51.6 Å². The molecule has 1 heterocycles. The van der Waals surface area contributed by atoms with Crippen LogP contribution in [0.3, 0.4) is 0 Å². The lowest BCUT2D eigenvalue weighted by Gasteiger charge is -2.25. The van der Waals surface area contributed by atoms with Crippen LogP contribution in [-0.4, -0.2) is 52.7 Å². The summed E-state index contributed by atoms with van der Waals surface area (Å²) in [4.78, 5) is 14.7. The molecule has 1 aliphatic heterocycles. The van der Waals surface area contributed by atoms with E-state index in [1.165, 1.54) is 0 Å². The third-order valence-electron chi connectivity index (χ3n) is 4.33. The molecular formula is C22H26N2O4. The summed E-state index contributed by atoms with van der Waals surface area (Å²) in [6, 6.07) is 15.6. The van der Waals surface area contributed by atoms with E-state index in [1.807, 2.05) is 60.7 Å². The van der Waals surface area contributed by atoms with E-state index in [9.17, 15) is 4.79 Å². The molecule has 1 aliphatic rings. The second-order valence-electron chi connectivity index (χ2n) is 6.24. The van der Waals surface area contributed by atoms with E-state index >= 15 is 0 Å². The Balaban J connectivity index is 1.57. The van der Waals surface area contributed by atoms with Crippen molar-refractivity contribution in [1.82, 2.24) is 5.32 Å². The van der Waals surface area contributed by atoms with Gasteiger partial charge in [0.1, 0.15) is 0 Å². The van der Waals surface area contributed by atoms with Crippen LogP contribution in [0.4, 0.5) is 16.2 Å². The van der Waals surface area contributed by atoms with Crippen molar-refractivity contribution in [3.05, 3.63) is 59.7 Å². The molecule has 28 heavy (non-hydrogen) atoms. The maximum atomic E-state index is 13.0. The summed E-state index contributed by atoms with van der Waals surface area (Å²) < 4.78 is 15.7. The Morgan fingerprint density at radius 3 is 1.96 bits per heavy atom. The van der Waals surface area contributed by atoms with Gasteiger partial charge < -0.3 is 19.5 Å². The average Bonchev–Trinajstić information content (AvgIpc) is 2.89. The topological polar surface area (TPSA) is 60.0 Å². The average molecular weight is 382 g/mol. The summed E-state index contributed by atoms with van der Waals surface area (Å²) in [5.74, 6) is 0. The fraction of sp³-hybridized carbons (Fsp3) is 0.318. The van der Waals surface area contributed by atoms with Gasteiger partial charge in [0.15, 0.2) is 0 Å². The molecule has 3 rings (SSSR count). The molecule has 0 unspecified atom stereocenters. The van der Waals surface area contributed by atoms with Crippen LogP contribution in [0, 0.1) is 0 Å². The molecule has 148 valence electrons. The van der Waals surface area contributed by atoms with Gasteiger partial charge in [0.05, 0.1) is 44.4 Å². The third-order valence-corrected chi connectivity index (χ3v) is 4.33. The zero-order valence-electron chi connectivity index (χ0n) is 16.1. The number of para-hydroxylation sites is 2. The van der Waals surface area contributed by atoms with Crippen LogP contribution in [0.1, 0.15) is 11.1 Å². The minimum absolute atomic E-state index is 0.177. The third kappa shape index (κ3) is 5.19. The molecular weight excluding hydrogens is 356 g/mol. The standard InChI is InChI=1S/C22H26N2O4/c1-26-14-15-28-17-16-27-13-12-23-22(25)24-20-8-4-2-6-18(20)10-11-19-7-3-5-9-21(19)24/h2-11H,12-17H2,1H3,(H,23,25). The van der Waals surface area contributed by atoms with Gasteiger partial charge in [-0.05, 0) is 23.3 Å². The number of hydrogen-bond donors (Lipinski definition) is 1. The van der Waals surface area contributed by atoms with Gasteiger partial charge in [-0.25, -0.2) is 4.79 Å². The van der Waals surface area contributed by atoms with Crippen molar-refractivity contribution in [1.29, 1.82) is 0 Å². The monoisotopic (exact) mass is 382 g/mol. The highest BCUT2D eigenvalue weighted by Crippen LogP contribution is 2.35. The summed E-state index contributed by atoms with van der Waals surface area (Å²) in [5, 5.41) is 2.95. The van der Waals surface area contributed by atoms with Gasteiger partial charge in [0.25, 0.3) is 0 Å². The Labute approximate surface area is 165 Å². The highest BCUT2D eigenvalue weighted by Gasteiger charge is 2.23. The van der Waals surface area contributed by atoms with Crippen molar-refractivity contribution in [3.8, 4) is 0 Å². The lowest BCUT2D eigenvalue weighted by molar-refractivity contribution is 0.0259. The summed E-state index contributed by atoms with van der Waals surface area (Å²) in [5.41, 5.74) is 3.71. The second-order valence-corrected chi connectivity index (χ2v) is 6.24. The Morgan fingerprint density at radius 1 is 0.821 bits per heavy atom. The minimum Gasteiger partial charge on any atom is -0.382 e. The number of ether oxygens (including phenoxy) is 3. The molecule has 0 saturated heterocycles. The summed E-state index contributed by atoms with van der Waals surface area (Å²) in [6.45, 7) is 2.97. The molecule has 0 fully saturated rings. The van der Waals surface area contributed by atoms with Crippen LogP contribution in [0.2, 0.25) is 0 Å². The molecule has 0 spiro atoms. The number of carbonyl (C=O) groups is 1. The predicted molar refractivity (Wildman–Crippen MR) is 111 cm³/mol. The van der Waals surface area contributed by atoms with Crippen LogP contribution < -0.4 is 10.2 Å². The smallest absolute Gasteiger partial charge is 0.326 e. The minimum atomic E-state index is -0.177. The molecule has 0 aliphatic carbocycles. The quantitative estimate of drug-likeness (QED) is 0.672. The molecule has 0 atom stereocenters. The van der Waals surface area contributed by atoms with E-state index < -0.39 is 0 Å². The first-order valence-electron chi connectivity index (χ1n) is 9.40. The number of fused-ring (bicyclic) bond motifs is 2. The van der Waals surface area contributed by atoms with Crippen LogP contribution in [0.15, 0.2) is 48.5 Å². The fourth-order valence-electron chi connectivity index (χ4n) is 2.97. The number of urea groups is 1. The molecule has 1 N–H and O–H groups in total. The highest BCUT2D eigenvalue weighted by molar-refractivity contribution is 6.05. The number of amides is 2. The molecule has 0 bridgehead atoms. The second kappa shape index (κ2) is 10.6. The Kier molecular flexibility index (Phi) is 7.61. The maximum Gasteiger partial charge on any atom is 0.326 e. The van der Waals surface area contributed by atoms with Gasteiger partial charge in [0, 0.05) is 13.7 Å². The lowest BCUT2D eigenvalue weighted by Crippen LogP contribution is -2.39. The zero-order chi connectivity index (χ0) is 19.6. The Morgan fingerprint density at radius 2 is 1.36 bits per heavy atom. The largest absolute Gasteiger partial charge is 0.382 e. The van der Waals surface area contributed by atoms with Crippen LogP contribution >= 0.6 is 0 Å². The van der Waals surface area contributed by atoms with Gasteiger partial charge in [0.2, 0.25) is 0 Å². The number of hydrogen-bond acceptors (Lipinski definition) is 4. The number of carbonyl (C=O) groups excluding carboxylic acids is 1. The van der Waals surface area contributed by atoms with Gasteiger partial charge in [-0.2, -0.15) is 0 Å². The van der Waals surface area contributed by atoms with Crippen molar-refractivity contribution < 1.29 is 19.0 Å². The van der Waals surface area contributed by atoms with Gasteiger partial charge in [-0.3, -0.25) is 4.90 Å². The molecule has 2 amide bonds. The first-order valence-corrected chi connectivity index (χ1v) is 9.40. The Bertz CT molecular complexity index is 757. The van der Waals surface area contributed by atoms with Crippen LogP contribution in [0.25, 0.3) is 12.2 Å². The SMILES string of the molecule is COCCOCCOCCNC(=O)N1c2ccccc2C=Cc2ccccc21. The molecule has 6 heteroatoms. The van der Waals surface area contributed by atoms with E-state index in [0.717, 1.165) is 22.5 Å². The molecule has 2 aromatic carbocycles.